The third-order valence-electron chi connectivity index (χ3n) is 4.57. The van der Waals surface area contributed by atoms with Crippen LogP contribution < -0.4 is 4.90 Å². The highest BCUT2D eigenvalue weighted by Gasteiger charge is 2.38. The molecule has 0 aliphatic carbocycles. The third-order valence-corrected chi connectivity index (χ3v) is 4.57. The van der Waals surface area contributed by atoms with Crippen LogP contribution in [-0.2, 0) is 5.41 Å². The Balaban J connectivity index is 1.96. The van der Waals surface area contributed by atoms with Gasteiger partial charge in [-0.3, -0.25) is 14.9 Å². The normalized spacial score (nSPS) is 17.0. The Hall–Kier alpha value is -2.95. The van der Waals surface area contributed by atoms with Crippen LogP contribution in [0.15, 0.2) is 60.3 Å². The van der Waals surface area contributed by atoms with E-state index in [1.54, 1.807) is 6.08 Å². The van der Waals surface area contributed by atoms with Crippen LogP contribution in [-0.4, -0.2) is 17.8 Å². The Morgan fingerprint density at radius 3 is 2.33 bits per heavy atom. The monoisotopic (exact) mass is 322 g/mol. The second kappa shape index (κ2) is 5.60. The van der Waals surface area contributed by atoms with Gasteiger partial charge in [-0.05, 0) is 23.8 Å². The number of carbonyl (C=O) groups excluding carboxylic acids is 1. The molecule has 1 aliphatic rings. The topological polar surface area (TPSA) is 63.5 Å². The Morgan fingerprint density at radius 1 is 1.12 bits per heavy atom. The van der Waals surface area contributed by atoms with Crippen molar-refractivity contribution in [2.45, 2.75) is 19.3 Å². The predicted molar refractivity (Wildman–Crippen MR) is 93.4 cm³/mol. The van der Waals surface area contributed by atoms with Crippen molar-refractivity contribution in [1.29, 1.82) is 0 Å². The maximum Gasteiger partial charge on any atom is 0.269 e. The third kappa shape index (κ3) is 2.48. The van der Waals surface area contributed by atoms with Crippen LogP contribution in [0.4, 0.5) is 11.4 Å². The van der Waals surface area contributed by atoms with Gasteiger partial charge in [-0.15, -0.1) is 0 Å². The van der Waals surface area contributed by atoms with Gasteiger partial charge in [0, 0.05) is 47.6 Å². The Bertz CT molecular complexity index is 851. The minimum Gasteiger partial charge on any atom is -0.347 e. The summed E-state index contributed by atoms with van der Waals surface area (Å²) in [5.41, 5.74) is 3.31. The first kappa shape index (κ1) is 15.9. The highest BCUT2D eigenvalue weighted by atomic mass is 16.6. The van der Waals surface area contributed by atoms with Crippen molar-refractivity contribution in [3.8, 4) is 0 Å². The van der Waals surface area contributed by atoms with E-state index in [9.17, 15) is 14.9 Å². The number of allylic oxidation sites excluding steroid dienone is 2. The number of para-hydroxylation sites is 1. The fraction of sp³-hybridized carbons (Fsp3) is 0.211. The summed E-state index contributed by atoms with van der Waals surface area (Å²) in [6.07, 6.45) is 1.63. The number of hydrogen-bond acceptors (Lipinski definition) is 4. The second-order valence-electron chi connectivity index (χ2n) is 6.40. The first-order valence-corrected chi connectivity index (χ1v) is 7.66. The van der Waals surface area contributed by atoms with E-state index in [1.165, 1.54) is 29.8 Å². The van der Waals surface area contributed by atoms with Crippen molar-refractivity contribution in [2.75, 3.05) is 11.9 Å². The fourth-order valence-corrected chi connectivity index (χ4v) is 3.21. The van der Waals surface area contributed by atoms with E-state index < -0.39 is 4.92 Å². The Morgan fingerprint density at radius 2 is 1.75 bits per heavy atom. The SMILES string of the molecule is CN1C(=CC(=O)c2ccc([N+](=O)[O-])cc2)C(C)(C)c2ccccc21. The molecular formula is C19H18N2O3. The predicted octanol–water partition coefficient (Wildman–Crippen LogP) is 4.09. The molecule has 5 nitrogen and oxygen atoms in total. The summed E-state index contributed by atoms with van der Waals surface area (Å²) in [7, 11) is 1.95. The summed E-state index contributed by atoms with van der Waals surface area (Å²) in [4.78, 5) is 24.9. The van der Waals surface area contributed by atoms with Crippen LogP contribution >= 0.6 is 0 Å². The van der Waals surface area contributed by atoms with E-state index in [1.807, 2.05) is 30.1 Å². The van der Waals surface area contributed by atoms with Crippen molar-refractivity contribution in [1.82, 2.24) is 0 Å². The lowest BCUT2D eigenvalue weighted by Crippen LogP contribution is -2.24. The van der Waals surface area contributed by atoms with E-state index in [0.717, 1.165) is 11.4 Å². The van der Waals surface area contributed by atoms with Gasteiger partial charge in [0.1, 0.15) is 0 Å². The van der Waals surface area contributed by atoms with Gasteiger partial charge in [0.05, 0.1) is 4.92 Å². The zero-order valence-electron chi connectivity index (χ0n) is 13.8. The molecule has 0 bridgehead atoms. The van der Waals surface area contributed by atoms with E-state index in [2.05, 4.69) is 19.9 Å². The number of nitro benzene ring substituents is 1. The molecule has 0 saturated heterocycles. The molecule has 1 aliphatic heterocycles. The molecule has 0 amide bonds. The van der Waals surface area contributed by atoms with E-state index in [4.69, 9.17) is 0 Å². The van der Waals surface area contributed by atoms with Crippen LogP contribution in [0.25, 0.3) is 0 Å². The van der Waals surface area contributed by atoms with Crippen molar-refractivity contribution < 1.29 is 9.72 Å². The summed E-state index contributed by atoms with van der Waals surface area (Å²) in [6, 6.07) is 13.8. The molecule has 24 heavy (non-hydrogen) atoms. The number of ketones is 1. The molecule has 0 saturated carbocycles. The quantitative estimate of drug-likeness (QED) is 0.369. The molecule has 0 fully saturated rings. The number of benzene rings is 2. The van der Waals surface area contributed by atoms with Gasteiger partial charge in [0.15, 0.2) is 5.78 Å². The molecule has 0 spiro atoms. The molecule has 0 unspecified atom stereocenters. The van der Waals surface area contributed by atoms with Gasteiger partial charge in [-0.25, -0.2) is 0 Å². The van der Waals surface area contributed by atoms with Gasteiger partial charge in [0.25, 0.3) is 5.69 Å². The average molecular weight is 322 g/mol. The summed E-state index contributed by atoms with van der Waals surface area (Å²) < 4.78 is 0. The zero-order valence-corrected chi connectivity index (χ0v) is 13.8. The molecule has 5 heteroatoms. The number of rotatable bonds is 3. The number of carbonyl (C=O) groups is 1. The lowest BCUT2D eigenvalue weighted by molar-refractivity contribution is -0.384. The summed E-state index contributed by atoms with van der Waals surface area (Å²) in [5, 5.41) is 10.7. The van der Waals surface area contributed by atoms with Crippen molar-refractivity contribution in [3.05, 3.63) is 81.5 Å². The van der Waals surface area contributed by atoms with Crippen molar-refractivity contribution in [3.63, 3.8) is 0 Å². The lowest BCUT2D eigenvalue weighted by Gasteiger charge is -2.23. The van der Waals surface area contributed by atoms with Gasteiger partial charge >= 0.3 is 0 Å². The molecule has 2 aromatic rings. The summed E-state index contributed by atoms with van der Waals surface area (Å²) in [5.74, 6) is -0.160. The number of likely N-dealkylation sites (N-methyl/N-ethyl adjacent to an activating group) is 1. The van der Waals surface area contributed by atoms with E-state index in [-0.39, 0.29) is 16.9 Å². The molecule has 3 rings (SSSR count). The number of anilines is 1. The smallest absolute Gasteiger partial charge is 0.269 e. The average Bonchev–Trinajstić information content (AvgIpc) is 2.76. The minimum absolute atomic E-state index is 0.0232. The molecule has 0 radical (unpaired) electrons. The van der Waals surface area contributed by atoms with Crippen LogP contribution in [0.2, 0.25) is 0 Å². The number of non-ortho nitro benzene ring substituents is 1. The van der Waals surface area contributed by atoms with E-state index >= 15 is 0 Å². The van der Waals surface area contributed by atoms with Crippen LogP contribution in [0.5, 0.6) is 0 Å². The Kier molecular flexibility index (Phi) is 3.72. The largest absolute Gasteiger partial charge is 0.347 e. The van der Waals surface area contributed by atoms with Gasteiger partial charge in [-0.2, -0.15) is 0 Å². The van der Waals surface area contributed by atoms with Crippen LogP contribution in [0, 0.1) is 10.1 Å². The Labute approximate surface area is 140 Å². The molecular weight excluding hydrogens is 304 g/mol. The number of fused-ring (bicyclic) bond motifs is 1. The standard InChI is InChI=1S/C19H18N2O3/c1-19(2)15-6-4-5-7-16(15)20(3)18(19)12-17(22)13-8-10-14(11-9-13)21(23)24/h4-12H,1-3H3. The maximum absolute atomic E-state index is 12.6. The molecule has 1 heterocycles. The second-order valence-corrected chi connectivity index (χ2v) is 6.40. The highest BCUT2D eigenvalue weighted by Crippen LogP contribution is 2.46. The summed E-state index contributed by atoms with van der Waals surface area (Å²) in [6.45, 7) is 4.18. The summed E-state index contributed by atoms with van der Waals surface area (Å²) >= 11 is 0. The zero-order chi connectivity index (χ0) is 17.5. The van der Waals surface area contributed by atoms with Gasteiger partial charge < -0.3 is 4.90 Å². The first-order valence-electron chi connectivity index (χ1n) is 7.66. The molecule has 0 aromatic heterocycles. The molecule has 0 atom stereocenters. The fourth-order valence-electron chi connectivity index (χ4n) is 3.21. The van der Waals surface area contributed by atoms with E-state index in [0.29, 0.717) is 5.56 Å². The van der Waals surface area contributed by atoms with Crippen molar-refractivity contribution >= 4 is 17.2 Å². The van der Waals surface area contributed by atoms with Gasteiger partial charge in [0.2, 0.25) is 0 Å². The lowest BCUT2D eigenvalue weighted by atomic mass is 9.83. The van der Waals surface area contributed by atoms with Crippen molar-refractivity contribution in [2.24, 2.45) is 0 Å². The highest BCUT2D eigenvalue weighted by molar-refractivity contribution is 6.05. The number of nitrogens with zero attached hydrogens (tertiary/aromatic N) is 2. The van der Waals surface area contributed by atoms with Crippen LogP contribution in [0.3, 0.4) is 0 Å². The maximum atomic E-state index is 12.6. The molecule has 2 aromatic carbocycles. The van der Waals surface area contributed by atoms with Crippen LogP contribution in [0.1, 0.15) is 29.8 Å². The molecule has 122 valence electrons. The minimum atomic E-state index is -0.475. The molecule has 0 N–H and O–H groups in total. The number of hydrogen-bond donors (Lipinski definition) is 0. The van der Waals surface area contributed by atoms with Gasteiger partial charge in [-0.1, -0.05) is 32.0 Å². The first-order chi connectivity index (χ1) is 11.3. The number of nitro groups is 1.